The number of unbranched alkanes of at least 4 members (excludes halogenated alkanes) is 1. The van der Waals surface area contributed by atoms with E-state index in [4.69, 9.17) is 28.2 Å². The van der Waals surface area contributed by atoms with Gasteiger partial charge >= 0.3 is 0 Å². The van der Waals surface area contributed by atoms with E-state index in [1.807, 2.05) is 61.7 Å². The van der Waals surface area contributed by atoms with E-state index < -0.39 is 0 Å². The molecule has 29 heavy (non-hydrogen) atoms. The number of rotatable bonds is 6. The SMILES string of the molecule is CCCCN1C(=S)NC(c2ccccn2)C1c1ccc(-c2cccc(Cl)c2C)o1. The number of hydrogen-bond donors (Lipinski definition) is 1. The largest absolute Gasteiger partial charge is 0.459 e. The number of aromatic nitrogens is 1. The van der Waals surface area contributed by atoms with Gasteiger partial charge in [0.25, 0.3) is 0 Å². The number of thiocarbonyl (C=S) groups is 1. The molecule has 0 radical (unpaired) electrons. The second-order valence-corrected chi connectivity index (χ2v) is 8.08. The molecule has 2 aromatic heterocycles. The maximum atomic E-state index is 6.37. The second kappa shape index (κ2) is 8.56. The second-order valence-electron chi connectivity index (χ2n) is 7.29. The maximum absolute atomic E-state index is 6.37. The third-order valence-electron chi connectivity index (χ3n) is 5.40. The van der Waals surface area contributed by atoms with E-state index in [-0.39, 0.29) is 12.1 Å². The summed E-state index contributed by atoms with van der Waals surface area (Å²) in [5.41, 5.74) is 2.97. The molecule has 2 atom stereocenters. The molecule has 0 saturated carbocycles. The Kier molecular flexibility index (Phi) is 5.88. The van der Waals surface area contributed by atoms with Crippen LogP contribution in [0.1, 0.15) is 48.9 Å². The first-order valence-electron chi connectivity index (χ1n) is 9.93. The topological polar surface area (TPSA) is 41.3 Å². The fourth-order valence-corrected chi connectivity index (χ4v) is 4.32. The van der Waals surface area contributed by atoms with Crippen molar-refractivity contribution in [2.24, 2.45) is 0 Å². The highest BCUT2D eigenvalue weighted by Crippen LogP contribution is 2.41. The summed E-state index contributed by atoms with van der Waals surface area (Å²) in [5, 5.41) is 4.94. The smallest absolute Gasteiger partial charge is 0.170 e. The van der Waals surface area contributed by atoms with Gasteiger partial charge in [-0.15, -0.1) is 0 Å². The molecule has 0 spiro atoms. The van der Waals surface area contributed by atoms with Gasteiger partial charge in [0, 0.05) is 23.3 Å². The van der Waals surface area contributed by atoms with Gasteiger partial charge < -0.3 is 14.6 Å². The first-order chi connectivity index (χ1) is 14.1. The van der Waals surface area contributed by atoms with Crippen LogP contribution in [-0.2, 0) is 0 Å². The third kappa shape index (κ3) is 3.89. The van der Waals surface area contributed by atoms with E-state index in [1.165, 1.54) is 0 Å². The third-order valence-corrected chi connectivity index (χ3v) is 6.16. The van der Waals surface area contributed by atoms with Crippen LogP contribution in [0.15, 0.2) is 59.1 Å². The minimum Gasteiger partial charge on any atom is -0.459 e. The van der Waals surface area contributed by atoms with E-state index in [2.05, 4.69) is 22.1 Å². The van der Waals surface area contributed by atoms with Crippen LogP contribution in [-0.4, -0.2) is 21.5 Å². The van der Waals surface area contributed by atoms with Crippen molar-refractivity contribution in [3.8, 4) is 11.3 Å². The molecule has 0 amide bonds. The molecular weight excluding hydrogens is 402 g/mol. The van der Waals surface area contributed by atoms with Crippen LogP contribution in [0.2, 0.25) is 5.02 Å². The van der Waals surface area contributed by atoms with Crippen LogP contribution in [0.3, 0.4) is 0 Å². The Hall–Kier alpha value is -2.37. The van der Waals surface area contributed by atoms with Crippen molar-refractivity contribution < 1.29 is 4.42 Å². The molecule has 1 fully saturated rings. The van der Waals surface area contributed by atoms with Crippen LogP contribution < -0.4 is 5.32 Å². The number of furan rings is 1. The summed E-state index contributed by atoms with van der Waals surface area (Å²) in [6, 6.07) is 15.8. The van der Waals surface area contributed by atoms with Crippen LogP contribution in [0.5, 0.6) is 0 Å². The van der Waals surface area contributed by atoms with E-state index in [9.17, 15) is 0 Å². The monoisotopic (exact) mass is 425 g/mol. The molecule has 0 aliphatic carbocycles. The van der Waals surface area contributed by atoms with Gasteiger partial charge in [-0.3, -0.25) is 4.98 Å². The molecule has 1 N–H and O–H groups in total. The van der Waals surface area contributed by atoms with Gasteiger partial charge in [-0.2, -0.15) is 0 Å². The Morgan fingerprint density at radius 2 is 2.03 bits per heavy atom. The lowest BCUT2D eigenvalue weighted by molar-refractivity contribution is 0.271. The predicted octanol–water partition coefficient (Wildman–Crippen LogP) is 6.08. The Bertz CT molecular complexity index is 1000. The normalized spacial score (nSPS) is 18.9. The summed E-state index contributed by atoms with van der Waals surface area (Å²) in [7, 11) is 0. The van der Waals surface area contributed by atoms with E-state index in [1.54, 1.807) is 0 Å². The Labute approximate surface area is 181 Å². The van der Waals surface area contributed by atoms with Crippen LogP contribution in [0.4, 0.5) is 0 Å². The average molecular weight is 426 g/mol. The summed E-state index contributed by atoms with van der Waals surface area (Å²) in [6.07, 6.45) is 3.98. The molecule has 4 rings (SSSR count). The molecular formula is C23H24ClN3OS. The van der Waals surface area contributed by atoms with E-state index >= 15 is 0 Å². The molecule has 150 valence electrons. The predicted molar refractivity (Wildman–Crippen MR) is 121 cm³/mol. The van der Waals surface area contributed by atoms with Crippen molar-refractivity contribution >= 4 is 28.9 Å². The van der Waals surface area contributed by atoms with Gasteiger partial charge in [0.15, 0.2) is 5.11 Å². The molecule has 2 unspecified atom stereocenters. The fraction of sp³-hybridized carbons (Fsp3) is 0.304. The molecule has 0 bridgehead atoms. The lowest BCUT2D eigenvalue weighted by Crippen LogP contribution is -2.30. The van der Waals surface area contributed by atoms with Gasteiger partial charge in [-0.1, -0.05) is 43.1 Å². The van der Waals surface area contributed by atoms with Crippen LogP contribution in [0.25, 0.3) is 11.3 Å². The molecule has 3 heterocycles. The number of benzene rings is 1. The number of halogens is 1. The highest BCUT2D eigenvalue weighted by molar-refractivity contribution is 7.80. The van der Waals surface area contributed by atoms with Crippen molar-refractivity contribution in [3.63, 3.8) is 0 Å². The summed E-state index contributed by atoms with van der Waals surface area (Å²) >= 11 is 12.0. The highest BCUT2D eigenvalue weighted by atomic mass is 35.5. The maximum Gasteiger partial charge on any atom is 0.170 e. The van der Waals surface area contributed by atoms with Crippen LogP contribution in [0, 0.1) is 6.92 Å². The summed E-state index contributed by atoms with van der Waals surface area (Å²) in [6.45, 7) is 5.07. The van der Waals surface area contributed by atoms with Crippen molar-refractivity contribution in [1.29, 1.82) is 0 Å². The minimum absolute atomic E-state index is 0.0443. The van der Waals surface area contributed by atoms with Crippen molar-refractivity contribution in [1.82, 2.24) is 15.2 Å². The zero-order valence-corrected chi connectivity index (χ0v) is 18.1. The standard InChI is InChI=1S/C23H24ClN3OS/c1-3-4-14-27-22(21(26-23(27)29)18-10-5-6-13-25-18)20-12-11-19(28-20)16-8-7-9-17(24)15(16)2/h5-13,21-22H,3-4,14H2,1-2H3,(H,26,29). The summed E-state index contributed by atoms with van der Waals surface area (Å²) in [5.74, 6) is 1.69. The first-order valence-corrected chi connectivity index (χ1v) is 10.7. The van der Waals surface area contributed by atoms with Gasteiger partial charge in [0.05, 0.1) is 11.7 Å². The Morgan fingerprint density at radius 1 is 1.17 bits per heavy atom. The van der Waals surface area contributed by atoms with E-state index in [0.29, 0.717) is 0 Å². The molecule has 1 aliphatic rings. The fourth-order valence-electron chi connectivity index (χ4n) is 3.81. The molecule has 1 aliphatic heterocycles. The van der Waals surface area contributed by atoms with Gasteiger partial charge in [-0.05, 0) is 61.5 Å². The molecule has 6 heteroatoms. The number of nitrogens with zero attached hydrogens (tertiary/aromatic N) is 2. The summed E-state index contributed by atoms with van der Waals surface area (Å²) < 4.78 is 6.37. The lowest BCUT2D eigenvalue weighted by atomic mass is 10.0. The average Bonchev–Trinajstić information content (AvgIpc) is 3.33. The van der Waals surface area contributed by atoms with Crippen molar-refractivity contribution in [3.05, 3.63) is 76.8 Å². The molecule has 1 aromatic carbocycles. The van der Waals surface area contributed by atoms with Gasteiger partial charge in [0.1, 0.15) is 17.6 Å². The minimum atomic E-state index is -0.0555. The zero-order chi connectivity index (χ0) is 20.4. The quantitative estimate of drug-likeness (QED) is 0.485. The van der Waals surface area contributed by atoms with Gasteiger partial charge in [0.2, 0.25) is 0 Å². The number of pyridine rings is 1. The molecule has 1 saturated heterocycles. The highest BCUT2D eigenvalue weighted by Gasteiger charge is 2.41. The Balaban J connectivity index is 1.73. The molecule has 3 aromatic rings. The first kappa shape index (κ1) is 19.9. The van der Waals surface area contributed by atoms with Gasteiger partial charge in [-0.25, -0.2) is 0 Å². The number of hydrogen-bond acceptors (Lipinski definition) is 3. The Morgan fingerprint density at radius 3 is 2.79 bits per heavy atom. The van der Waals surface area contributed by atoms with E-state index in [0.717, 1.165) is 57.9 Å². The zero-order valence-electron chi connectivity index (χ0n) is 16.6. The number of nitrogens with one attached hydrogen (secondary N) is 1. The molecule has 4 nitrogen and oxygen atoms in total. The van der Waals surface area contributed by atoms with Crippen molar-refractivity contribution in [2.45, 2.75) is 38.8 Å². The summed E-state index contributed by atoms with van der Waals surface area (Å²) in [4.78, 5) is 6.80. The lowest BCUT2D eigenvalue weighted by Gasteiger charge is -2.25. The van der Waals surface area contributed by atoms with Crippen molar-refractivity contribution in [2.75, 3.05) is 6.54 Å². The van der Waals surface area contributed by atoms with Crippen LogP contribution >= 0.6 is 23.8 Å².